The van der Waals surface area contributed by atoms with Crippen molar-refractivity contribution in [1.82, 2.24) is 4.98 Å². The van der Waals surface area contributed by atoms with E-state index in [1.54, 1.807) is 41.8 Å². The molecular formula is C20H16N4O2S. The van der Waals surface area contributed by atoms with E-state index in [-0.39, 0.29) is 11.7 Å². The smallest absolute Gasteiger partial charge is 0.222 e. The first-order valence-electron chi connectivity index (χ1n) is 8.12. The Balaban J connectivity index is 1.85. The molecule has 1 aromatic heterocycles. The summed E-state index contributed by atoms with van der Waals surface area (Å²) < 4.78 is 0. The van der Waals surface area contributed by atoms with Crippen LogP contribution in [0.25, 0.3) is 0 Å². The molecule has 2 N–H and O–H groups in total. The van der Waals surface area contributed by atoms with Gasteiger partial charge >= 0.3 is 0 Å². The molecule has 0 aliphatic rings. The number of nitrogens with one attached hydrogen (secondary N) is 2. The van der Waals surface area contributed by atoms with E-state index < -0.39 is 0 Å². The third-order valence-electron chi connectivity index (χ3n) is 3.80. The van der Waals surface area contributed by atoms with Crippen molar-refractivity contribution in [2.75, 3.05) is 10.6 Å². The van der Waals surface area contributed by atoms with Crippen LogP contribution >= 0.6 is 11.3 Å². The molecule has 0 saturated heterocycles. The van der Waals surface area contributed by atoms with Gasteiger partial charge in [0.05, 0.1) is 11.6 Å². The van der Waals surface area contributed by atoms with E-state index in [1.807, 2.05) is 19.1 Å². The van der Waals surface area contributed by atoms with Gasteiger partial charge in [-0.1, -0.05) is 24.3 Å². The zero-order valence-corrected chi connectivity index (χ0v) is 15.6. The van der Waals surface area contributed by atoms with Crippen molar-refractivity contribution >= 4 is 39.7 Å². The van der Waals surface area contributed by atoms with Gasteiger partial charge < -0.3 is 10.6 Å². The molecule has 7 heteroatoms. The summed E-state index contributed by atoms with van der Waals surface area (Å²) in [5.74, 6) is 0.136. The fourth-order valence-corrected chi connectivity index (χ4v) is 3.13. The molecule has 0 unspecified atom stereocenters. The Morgan fingerprint density at radius 1 is 1.15 bits per heavy atom. The normalized spacial score (nSPS) is 10.1. The number of aromatic nitrogens is 1. The Morgan fingerprint density at radius 2 is 1.93 bits per heavy atom. The summed E-state index contributed by atoms with van der Waals surface area (Å²) >= 11 is 1.35. The maximum Gasteiger partial charge on any atom is 0.222 e. The van der Waals surface area contributed by atoms with Crippen molar-refractivity contribution in [3.63, 3.8) is 0 Å². The second-order valence-corrected chi connectivity index (χ2v) is 6.75. The molecule has 1 amide bonds. The van der Waals surface area contributed by atoms with Crippen LogP contribution in [0.2, 0.25) is 0 Å². The molecule has 2 aromatic carbocycles. The van der Waals surface area contributed by atoms with Crippen molar-refractivity contribution in [3.05, 3.63) is 70.1 Å². The molecule has 1 heterocycles. The number of carbonyl (C=O) groups excluding carboxylic acids is 2. The van der Waals surface area contributed by atoms with Gasteiger partial charge in [-0.2, -0.15) is 5.26 Å². The van der Waals surface area contributed by atoms with Gasteiger partial charge in [0.25, 0.3) is 0 Å². The highest BCUT2D eigenvalue weighted by Crippen LogP contribution is 2.27. The second kappa shape index (κ2) is 7.81. The molecule has 0 fully saturated rings. The Morgan fingerprint density at radius 3 is 2.67 bits per heavy atom. The summed E-state index contributed by atoms with van der Waals surface area (Å²) in [4.78, 5) is 28.2. The largest absolute Gasteiger partial charge is 0.331 e. The minimum Gasteiger partial charge on any atom is -0.331 e. The van der Waals surface area contributed by atoms with E-state index in [4.69, 9.17) is 5.26 Å². The molecule has 3 rings (SSSR count). The maximum absolute atomic E-state index is 12.8. The maximum atomic E-state index is 12.8. The van der Waals surface area contributed by atoms with Gasteiger partial charge in [-0.25, -0.2) is 4.98 Å². The molecule has 27 heavy (non-hydrogen) atoms. The number of carbonyl (C=O) groups is 2. The molecule has 6 nitrogen and oxygen atoms in total. The second-order valence-electron chi connectivity index (χ2n) is 5.90. The monoisotopic (exact) mass is 376 g/mol. The van der Waals surface area contributed by atoms with Gasteiger partial charge in [0.1, 0.15) is 5.82 Å². The average molecular weight is 376 g/mol. The van der Waals surface area contributed by atoms with Crippen molar-refractivity contribution in [2.45, 2.75) is 13.8 Å². The number of nitriles is 1. The van der Waals surface area contributed by atoms with Crippen LogP contribution in [0.3, 0.4) is 0 Å². The van der Waals surface area contributed by atoms with Crippen molar-refractivity contribution in [3.8, 4) is 6.07 Å². The summed E-state index contributed by atoms with van der Waals surface area (Å²) in [7, 11) is 0. The van der Waals surface area contributed by atoms with Gasteiger partial charge in [0, 0.05) is 29.1 Å². The number of aryl methyl sites for hydroxylation is 1. The summed E-state index contributed by atoms with van der Waals surface area (Å²) in [6.45, 7) is 3.35. The molecule has 0 spiro atoms. The number of hydrogen-bond donors (Lipinski definition) is 2. The lowest BCUT2D eigenvalue weighted by Gasteiger charge is -2.09. The summed E-state index contributed by atoms with van der Waals surface area (Å²) in [5.41, 5.74) is 3.12. The van der Waals surface area contributed by atoms with E-state index in [1.165, 1.54) is 18.3 Å². The van der Waals surface area contributed by atoms with Crippen LogP contribution in [0, 0.1) is 18.3 Å². The van der Waals surface area contributed by atoms with Crippen molar-refractivity contribution in [1.29, 1.82) is 5.26 Å². The fourth-order valence-electron chi connectivity index (χ4n) is 2.48. The van der Waals surface area contributed by atoms with Crippen LogP contribution in [-0.2, 0) is 4.79 Å². The number of ketones is 1. The topological polar surface area (TPSA) is 94.9 Å². The quantitative estimate of drug-likeness (QED) is 0.649. The summed E-state index contributed by atoms with van der Waals surface area (Å²) in [6, 6.07) is 14.0. The molecule has 3 aromatic rings. The Bertz CT molecular complexity index is 1070. The number of benzene rings is 2. The molecule has 0 bridgehead atoms. The fraction of sp³-hybridized carbons (Fsp3) is 0.100. The van der Waals surface area contributed by atoms with Gasteiger partial charge in [0.15, 0.2) is 10.9 Å². The van der Waals surface area contributed by atoms with Gasteiger partial charge in [-0.15, -0.1) is 11.3 Å². The average Bonchev–Trinajstić information content (AvgIpc) is 3.09. The predicted molar refractivity (Wildman–Crippen MR) is 105 cm³/mol. The number of nitrogens with zero attached hydrogens (tertiary/aromatic N) is 2. The van der Waals surface area contributed by atoms with E-state index in [2.05, 4.69) is 15.6 Å². The number of hydrogen-bond acceptors (Lipinski definition) is 6. The molecular weight excluding hydrogens is 360 g/mol. The van der Waals surface area contributed by atoms with Crippen LogP contribution in [0.4, 0.5) is 16.6 Å². The van der Waals surface area contributed by atoms with Gasteiger partial charge in [-0.3, -0.25) is 9.59 Å². The SMILES string of the molecule is CC(=O)Nc1csc(Nc2cc(C(=O)c3cccc(C#N)c3)ccc2C)n1. The Hall–Kier alpha value is -3.50. The van der Waals surface area contributed by atoms with Gasteiger partial charge in [0.2, 0.25) is 5.91 Å². The van der Waals surface area contributed by atoms with Crippen LogP contribution in [0.5, 0.6) is 0 Å². The minimum absolute atomic E-state index is 0.159. The molecule has 0 aliphatic heterocycles. The Kier molecular flexibility index (Phi) is 5.29. The highest BCUT2D eigenvalue weighted by atomic mass is 32.1. The predicted octanol–water partition coefficient (Wildman–Crippen LogP) is 4.26. The summed E-state index contributed by atoms with van der Waals surface area (Å²) in [5, 5.41) is 17.2. The van der Waals surface area contributed by atoms with Crippen LogP contribution in [0.15, 0.2) is 47.8 Å². The van der Waals surface area contributed by atoms with Crippen LogP contribution < -0.4 is 10.6 Å². The first kappa shape index (κ1) is 18.3. The van der Waals surface area contributed by atoms with Crippen molar-refractivity contribution in [2.24, 2.45) is 0 Å². The summed E-state index contributed by atoms with van der Waals surface area (Å²) in [6.07, 6.45) is 0. The van der Waals surface area contributed by atoms with E-state index in [0.29, 0.717) is 27.6 Å². The minimum atomic E-state index is -0.185. The van der Waals surface area contributed by atoms with Crippen LogP contribution in [-0.4, -0.2) is 16.7 Å². The van der Waals surface area contributed by atoms with Crippen molar-refractivity contribution < 1.29 is 9.59 Å². The standard InChI is InChI=1S/C20H16N4O2S/c1-12-6-7-16(19(26)15-5-3-4-14(8-15)10-21)9-17(12)23-20-24-18(11-27-20)22-13(2)25/h3-9,11H,1-2H3,(H,22,25)(H,23,24). The number of amides is 1. The van der Waals surface area contributed by atoms with E-state index in [9.17, 15) is 9.59 Å². The molecule has 0 atom stereocenters. The zero-order chi connectivity index (χ0) is 19.4. The zero-order valence-electron chi connectivity index (χ0n) is 14.7. The van der Waals surface area contributed by atoms with E-state index in [0.717, 1.165) is 11.3 Å². The lowest BCUT2D eigenvalue weighted by atomic mass is 10.00. The first-order valence-corrected chi connectivity index (χ1v) is 9.00. The Labute approximate surface area is 160 Å². The first-order chi connectivity index (χ1) is 13.0. The van der Waals surface area contributed by atoms with Crippen LogP contribution in [0.1, 0.15) is 34.0 Å². The number of anilines is 3. The van der Waals surface area contributed by atoms with Gasteiger partial charge in [-0.05, 0) is 30.7 Å². The number of thiazole rings is 1. The lowest BCUT2D eigenvalue weighted by Crippen LogP contribution is -2.06. The lowest BCUT2D eigenvalue weighted by molar-refractivity contribution is -0.114. The molecule has 0 radical (unpaired) electrons. The molecule has 134 valence electrons. The molecule has 0 saturated carbocycles. The highest BCUT2D eigenvalue weighted by Gasteiger charge is 2.12. The molecule has 0 aliphatic carbocycles. The van der Waals surface area contributed by atoms with E-state index >= 15 is 0 Å². The third kappa shape index (κ3) is 4.37. The number of rotatable bonds is 5. The highest BCUT2D eigenvalue weighted by molar-refractivity contribution is 7.14. The third-order valence-corrected chi connectivity index (χ3v) is 4.56.